The van der Waals surface area contributed by atoms with Crippen LogP contribution in [0, 0.1) is 5.82 Å². The van der Waals surface area contributed by atoms with Crippen molar-refractivity contribution in [3.05, 3.63) is 35.6 Å². The van der Waals surface area contributed by atoms with Crippen molar-refractivity contribution in [2.75, 3.05) is 13.1 Å². The van der Waals surface area contributed by atoms with Gasteiger partial charge < -0.3 is 5.32 Å². The molecule has 1 aromatic rings. The Morgan fingerprint density at radius 2 is 2.06 bits per heavy atom. The first-order valence-electron chi connectivity index (χ1n) is 6.55. The molecule has 1 aliphatic heterocycles. The van der Waals surface area contributed by atoms with Crippen LogP contribution in [0.15, 0.2) is 24.3 Å². The lowest BCUT2D eigenvalue weighted by Crippen LogP contribution is -2.54. The number of benzene rings is 1. The summed E-state index contributed by atoms with van der Waals surface area (Å²) in [5.74, 6) is -0.146. The molecule has 0 bridgehead atoms. The fourth-order valence-electron chi connectivity index (χ4n) is 3.20. The van der Waals surface area contributed by atoms with Gasteiger partial charge in [-0.05, 0) is 30.5 Å². The molecular weight excluding hydrogens is 215 g/mol. The summed E-state index contributed by atoms with van der Waals surface area (Å²) in [7, 11) is 0. The van der Waals surface area contributed by atoms with E-state index in [9.17, 15) is 4.39 Å². The van der Waals surface area contributed by atoms with Gasteiger partial charge in [0.1, 0.15) is 5.82 Å². The maximum absolute atomic E-state index is 12.9. The summed E-state index contributed by atoms with van der Waals surface area (Å²) >= 11 is 0. The van der Waals surface area contributed by atoms with E-state index in [2.05, 4.69) is 10.2 Å². The summed E-state index contributed by atoms with van der Waals surface area (Å²) < 4.78 is 12.9. The van der Waals surface area contributed by atoms with Gasteiger partial charge in [0.05, 0.1) is 0 Å². The number of rotatable bonds is 2. The largest absolute Gasteiger partial charge is 0.311 e. The lowest BCUT2D eigenvalue weighted by molar-refractivity contribution is 0.129. The van der Waals surface area contributed by atoms with Crippen LogP contribution in [0.4, 0.5) is 4.39 Å². The molecule has 0 radical (unpaired) electrons. The lowest BCUT2D eigenvalue weighted by Gasteiger charge is -2.38. The minimum atomic E-state index is -0.146. The van der Waals surface area contributed by atoms with Crippen molar-refractivity contribution in [1.82, 2.24) is 10.2 Å². The van der Waals surface area contributed by atoms with Crippen molar-refractivity contribution in [2.45, 2.75) is 37.9 Å². The number of hydrogen-bond donors (Lipinski definition) is 1. The van der Waals surface area contributed by atoms with Gasteiger partial charge in [-0.3, -0.25) is 4.90 Å². The van der Waals surface area contributed by atoms with Crippen LogP contribution in [0.25, 0.3) is 0 Å². The monoisotopic (exact) mass is 234 g/mol. The van der Waals surface area contributed by atoms with E-state index < -0.39 is 0 Å². The molecule has 1 saturated heterocycles. The molecule has 1 saturated carbocycles. The van der Waals surface area contributed by atoms with E-state index in [1.807, 2.05) is 12.1 Å². The van der Waals surface area contributed by atoms with E-state index in [0.29, 0.717) is 12.1 Å². The van der Waals surface area contributed by atoms with Gasteiger partial charge >= 0.3 is 0 Å². The van der Waals surface area contributed by atoms with Gasteiger partial charge in [0.25, 0.3) is 0 Å². The zero-order chi connectivity index (χ0) is 11.7. The van der Waals surface area contributed by atoms with Gasteiger partial charge in [-0.1, -0.05) is 18.6 Å². The SMILES string of the molecule is Fc1ccc(CN2CCN[C@@H]3CCC[C@@H]32)cc1. The number of hydrogen-bond acceptors (Lipinski definition) is 2. The molecular formula is C14H19FN2. The Bertz CT molecular complexity index is 376. The van der Waals surface area contributed by atoms with Crippen molar-refractivity contribution < 1.29 is 4.39 Å². The Labute approximate surface area is 102 Å². The van der Waals surface area contributed by atoms with Gasteiger partial charge in [0, 0.05) is 31.7 Å². The molecule has 92 valence electrons. The zero-order valence-electron chi connectivity index (χ0n) is 10.0. The molecule has 0 spiro atoms. The number of nitrogens with one attached hydrogen (secondary N) is 1. The minimum Gasteiger partial charge on any atom is -0.311 e. The summed E-state index contributed by atoms with van der Waals surface area (Å²) in [6, 6.07) is 8.30. The Morgan fingerprint density at radius 3 is 2.88 bits per heavy atom. The predicted molar refractivity (Wildman–Crippen MR) is 66.2 cm³/mol. The number of piperazine rings is 1. The normalized spacial score (nSPS) is 29.2. The summed E-state index contributed by atoms with van der Waals surface area (Å²) in [5.41, 5.74) is 1.22. The molecule has 3 heteroatoms. The smallest absolute Gasteiger partial charge is 0.123 e. The summed E-state index contributed by atoms with van der Waals surface area (Å²) in [4.78, 5) is 2.56. The van der Waals surface area contributed by atoms with Gasteiger partial charge in [-0.2, -0.15) is 0 Å². The van der Waals surface area contributed by atoms with E-state index in [0.717, 1.165) is 19.6 Å². The zero-order valence-corrected chi connectivity index (χ0v) is 10.0. The van der Waals surface area contributed by atoms with E-state index >= 15 is 0 Å². The van der Waals surface area contributed by atoms with Crippen molar-refractivity contribution >= 4 is 0 Å². The standard InChI is InChI=1S/C14H19FN2/c15-12-6-4-11(5-7-12)10-17-9-8-16-13-2-1-3-14(13)17/h4-7,13-14,16H,1-3,8-10H2/t13-,14+/m1/s1. The quantitative estimate of drug-likeness (QED) is 0.843. The molecule has 17 heavy (non-hydrogen) atoms. The van der Waals surface area contributed by atoms with Crippen molar-refractivity contribution in [3.8, 4) is 0 Å². The average Bonchev–Trinajstić information content (AvgIpc) is 2.81. The summed E-state index contributed by atoms with van der Waals surface area (Å²) in [6.07, 6.45) is 3.95. The third-order valence-corrected chi connectivity index (χ3v) is 4.05. The first-order chi connectivity index (χ1) is 8.33. The molecule has 2 aliphatic rings. The Hall–Kier alpha value is -0.930. The number of halogens is 1. The second-order valence-corrected chi connectivity index (χ2v) is 5.16. The highest BCUT2D eigenvalue weighted by atomic mass is 19.1. The van der Waals surface area contributed by atoms with Crippen LogP contribution in [0.3, 0.4) is 0 Å². The van der Waals surface area contributed by atoms with Crippen LogP contribution in [0.5, 0.6) is 0 Å². The van der Waals surface area contributed by atoms with Gasteiger partial charge in [0.2, 0.25) is 0 Å². The van der Waals surface area contributed by atoms with Gasteiger partial charge in [-0.25, -0.2) is 4.39 Å². The van der Waals surface area contributed by atoms with Crippen LogP contribution in [0.2, 0.25) is 0 Å². The van der Waals surface area contributed by atoms with Crippen LogP contribution >= 0.6 is 0 Å². The molecule has 0 amide bonds. The molecule has 1 N–H and O–H groups in total. The molecule has 1 heterocycles. The Morgan fingerprint density at radius 1 is 1.24 bits per heavy atom. The third kappa shape index (κ3) is 2.35. The molecule has 2 nitrogen and oxygen atoms in total. The first kappa shape index (κ1) is 11.2. The fraction of sp³-hybridized carbons (Fsp3) is 0.571. The molecule has 0 unspecified atom stereocenters. The highest BCUT2D eigenvalue weighted by Gasteiger charge is 2.34. The highest BCUT2D eigenvalue weighted by Crippen LogP contribution is 2.27. The van der Waals surface area contributed by atoms with Gasteiger partial charge in [0.15, 0.2) is 0 Å². The van der Waals surface area contributed by atoms with Crippen LogP contribution in [-0.4, -0.2) is 30.1 Å². The van der Waals surface area contributed by atoms with E-state index in [4.69, 9.17) is 0 Å². The average molecular weight is 234 g/mol. The maximum Gasteiger partial charge on any atom is 0.123 e. The molecule has 3 rings (SSSR count). The molecule has 0 aromatic heterocycles. The van der Waals surface area contributed by atoms with E-state index in [1.165, 1.54) is 24.8 Å². The van der Waals surface area contributed by atoms with Crippen LogP contribution in [-0.2, 0) is 6.54 Å². The second-order valence-electron chi connectivity index (χ2n) is 5.16. The number of nitrogens with zero attached hydrogens (tertiary/aromatic N) is 1. The molecule has 1 aromatic carbocycles. The van der Waals surface area contributed by atoms with E-state index in [1.54, 1.807) is 12.1 Å². The Balaban J connectivity index is 1.69. The second kappa shape index (κ2) is 4.75. The first-order valence-corrected chi connectivity index (χ1v) is 6.55. The minimum absolute atomic E-state index is 0.146. The fourth-order valence-corrected chi connectivity index (χ4v) is 3.20. The van der Waals surface area contributed by atoms with Crippen LogP contribution < -0.4 is 5.32 Å². The van der Waals surface area contributed by atoms with Crippen molar-refractivity contribution in [2.24, 2.45) is 0 Å². The molecule has 1 aliphatic carbocycles. The summed E-state index contributed by atoms with van der Waals surface area (Å²) in [5, 5.41) is 3.60. The molecule has 2 atom stereocenters. The lowest BCUT2D eigenvalue weighted by atomic mass is 10.1. The topological polar surface area (TPSA) is 15.3 Å². The summed E-state index contributed by atoms with van der Waals surface area (Å²) in [6.45, 7) is 3.16. The Kier molecular flexibility index (Phi) is 3.12. The highest BCUT2D eigenvalue weighted by molar-refractivity contribution is 5.16. The third-order valence-electron chi connectivity index (χ3n) is 4.05. The van der Waals surface area contributed by atoms with Crippen molar-refractivity contribution in [1.29, 1.82) is 0 Å². The van der Waals surface area contributed by atoms with Gasteiger partial charge in [-0.15, -0.1) is 0 Å². The van der Waals surface area contributed by atoms with Crippen molar-refractivity contribution in [3.63, 3.8) is 0 Å². The van der Waals surface area contributed by atoms with E-state index in [-0.39, 0.29) is 5.82 Å². The maximum atomic E-state index is 12.9. The number of fused-ring (bicyclic) bond motifs is 1. The predicted octanol–water partition coefficient (Wildman–Crippen LogP) is 2.15. The van der Waals surface area contributed by atoms with Crippen LogP contribution in [0.1, 0.15) is 24.8 Å². The molecule has 2 fully saturated rings.